The van der Waals surface area contributed by atoms with Gasteiger partial charge in [0.2, 0.25) is 5.91 Å². The Balaban J connectivity index is 1.30. The van der Waals surface area contributed by atoms with Crippen molar-refractivity contribution < 1.29 is 9.32 Å². The summed E-state index contributed by atoms with van der Waals surface area (Å²) in [4.78, 5) is 14.6. The number of piperidine rings is 1. The minimum atomic E-state index is 0.105. The van der Waals surface area contributed by atoms with E-state index in [-0.39, 0.29) is 5.91 Å². The largest absolute Gasteiger partial charge is 0.361 e. The molecule has 1 aliphatic rings. The summed E-state index contributed by atoms with van der Waals surface area (Å²) in [5.41, 5.74) is 1.93. The van der Waals surface area contributed by atoms with Crippen LogP contribution in [0.15, 0.2) is 16.9 Å². The summed E-state index contributed by atoms with van der Waals surface area (Å²) in [5.74, 6) is 1.47. The minimum absolute atomic E-state index is 0.105. The van der Waals surface area contributed by atoms with Crippen LogP contribution in [0.25, 0.3) is 0 Å². The molecule has 8 heteroatoms. The summed E-state index contributed by atoms with van der Waals surface area (Å²) >= 11 is 5.89. The van der Waals surface area contributed by atoms with E-state index in [9.17, 15) is 4.79 Å². The van der Waals surface area contributed by atoms with Crippen LogP contribution >= 0.6 is 11.6 Å². The van der Waals surface area contributed by atoms with Crippen molar-refractivity contribution >= 4 is 17.5 Å². The van der Waals surface area contributed by atoms with Gasteiger partial charge in [-0.05, 0) is 52.1 Å². The first-order chi connectivity index (χ1) is 13.0. The molecule has 3 rings (SSSR count). The molecule has 0 unspecified atom stereocenters. The number of hydrogen-bond donors (Lipinski definition) is 1. The van der Waals surface area contributed by atoms with Gasteiger partial charge in [0.1, 0.15) is 5.76 Å². The van der Waals surface area contributed by atoms with Crippen molar-refractivity contribution in [1.29, 1.82) is 0 Å². The molecule has 0 radical (unpaired) electrons. The highest BCUT2D eigenvalue weighted by Crippen LogP contribution is 2.17. The molecular weight excluding hydrogens is 366 g/mol. The van der Waals surface area contributed by atoms with Gasteiger partial charge in [0.05, 0.1) is 23.5 Å². The van der Waals surface area contributed by atoms with Crippen molar-refractivity contribution in [3.8, 4) is 0 Å². The first-order valence-electron chi connectivity index (χ1n) is 9.60. The zero-order chi connectivity index (χ0) is 19.2. The van der Waals surface area contributed by atoms with Gasteiger partial charge in [-0.1, -0.05) is 16.8 Å². The highest BCUT2D eigenvalue weighted by Gasteiger charge is 2.20. The van der Waals surface area contributed by atoms with Gasteiger partial charge in [-0.2, -0.15) is 5.10 Å². The molecule has 1 amide bonds. The Kier molecular flexibility index (Phi) is 6.90. The van der Waals surface area contributed by atoms with E-state index in [1.54, 1.807) is 6.20 Å². The van der Waals surface area contributed by atoms with Crippen molar-refractivity contribution in [3.63, 3.8) is 0 Å². The third-order valence-electron chi connectivity index (χ3n) is 5.33. The Bertz CT molecular complexity index is 730. The van der Waals surface area contributed by atoms with E-state index >= 15 is 0 Å². The van der Waals surface area contributed by atoms with Crippen molar-refractivity contribution in [2.24, 2.45) is 5.92 Å². The number of nitrogens with zero attached hydrogens (tertiary/aromatic N) is 4. The van der Waals surface area contributed by atoms with E-state index in [1.165, 1.54) is 0 Å². The second kappa shape index (κ2) is 9.37. The predicted molar refractivity (Wildman–Crippen MR) is 104 cm³/mol. The van der Waals surface area contributed by atoms with E-state index in [0.29, 0.717) is 23.8 Å². The van der Waals surface area contributed by atoms with Crippen LogP contribution in [-0.2, 0) is 17.8 Å². The molecule has 148 valence electrons. The van der Waals surface area contributed by atoms with Gasteiger partial charge in [-0.15, -0.1) is 0 Å². The Labute approximate surface area is 165 Å². The Hall–Kier alpha value is -1.86. The molecule has 0 atom stereocenters. The van der Waals surface area contributed by atoms with Crippen LogP contribution in [0, 0.1) is 19.8 Å². The molecule has 1 N–H and O–H groups in total. The number of carbonyl (C=O) groups excluding carboxylic acids is 1. The van der Waals surface area contributed by atoms with Crippen LogP contribution in [0.4, 0.5) is 0 Å². The highest BCUT2D eigenvalue weighted by atomic mass is 35.5. The molecule has 1 aliphatic heterocycles. The highest BCUT2D eigenvalue weighted by molar-refractivity contribution is 6.30. The van der Waals surface area contributed by atoms with Crippen LogP contribution in [0.1, 0.15) is 36.3 Å². The van der Waals surface area contributed by atoms with Gasteiger partial charge in [0.15, 0.2) is 0 Å². The Morgan fingerprint density at radius 3 is 2.74 bits per heavy atom. The number of aryl methyl sites for hydroxylation is 2. The fraction of sp³-hybridized carbons (Fsp3) is 0.632. The first kappa shape index (κ1) is 19.9. The average Bonchev–Trinajstić information content (AvgIpc) is 3.22. The number of nitrogens with one attached hydrogen (secondary N) is 1. The second-order valence-corrected chi connectivity index (χ2v) is 7.75. The number of rotatable bonds is 8. The van der Waals surface area contributed by atoms with Gasteiger partial charge in [-0.3, -0.25) is 9.48 Å². The lowest BCUT2D eigenvalue weighted by Gasteiger charge is -2.31. The van der Waals surface area contributed by atoms with Crippen LogP contribution in [0.3, 0.4) is 0 Å². The van der Waals surface area contributed by atoms with Crippen molar-refractivity contribution in [1.82, 2.24) is 25.2 Å². The number of likely N-dealkylation sites (tertiary alicyclic amines) is 1. The Morgan fingerprint density at radius 1 is 1.33 bits per heavy atom. The van der Waals surface area contributed by atoms with Crippen LogP contribution in [0.2, 0.25) is 5.02 Å². The molecule has 3 heterocycles. The molecule has 0 saturated carbocycles. The molecule has 27 heavy (non-hydrogen) atoms. The predicted octanol–water partition coefficient (Wildman–Crippen LogP) is 2.60. The molecule has 7 nitrogen and oxygen atoms in total. The molecule has 0 spiro atoms. The number of halogens is 1. The van der Waals surface area contributed by atoms with E-state index in [0.717, 1.165) is 62.6 Å². The molecule has 1 fully saturated rings. The summed E-state index contributed by atoms with van der Waals surface area (Å²) in [6, 6.07) is 0. The quantitative estimate of drug-likeness (QED) is 0.746. The van der Waals surface area contributed by atoms with Gasteiger partial charge in [-0.25, -0.2) is 0 Å². The summed E-state index contributed by atoms with van der Waals surface area (Å²) in [7, 11) is 0. The van der Waals surface area contributed by atoms with E-state index in [2.05, 4.69) is 20.5 Å². The molecule has 0 bridgehead atoms. The van der Waals surface area contributed by atoms with Crippen molar-refractivity contribution in [3.05, 3.63) is 34.4 Å². The molecule has 0 aliphatic carbocycles. The summed E-state index contributed by atoms with van der Waals surface area (Å²) in [6.07, 6.45) is 6.92. The summed E-state index contributed by atoms with van der Waals surface area (Å²) in [6.45, 7) is 8.54. The zero-order valence-corrected chi connectivity index (χ0v) is 16.8. The third-order valence-corrected chi connectivity index (χ3v) is 5.52. The number of amides is 1. The maximum absolute atomic E-state index is 12.1. The summed E-state index contributed by atoms with van der Waals surface area (Å²) < 4.78 is 7.03. The van der Waals surface area contributed by atoms with Gasteiger partial charge in [0.25, 0.3) is 0 Å². The van der Waals surface area contributed by atoms with E-state index in [4.69, 9.17) is 16.1 Å². The maximum atomic E-state index is 12.1. The van der Waals surface area contributed by atoms with Gasteiger partial charge < -0.3 is 14.7 Å². The smallest absolute Gasteiger partial charge is 0.220 e. The van der Waals surface area contributed by atoms with Gasteiger partial charge >= 0.3 is 0 Å². The maximum Gasteiger partial charge on any atom is 0.220 e. The zero-order valence-electron chi connectivity index (χ0n) is 16.1. The normalized spacial score (nSPS) is 16.0. The summed E-state index contributed by atoms with van der Waals surface area (Å²) in [5, 5.41) is 11.9. The minimum Gasteiger partial charge on any atom is -0.361 e. The monoisotopic (exact) mass is 393 g/mol. The topological polar surface area (TPSA) is 76.2 Å². The Morgan fingerprint density at radius 2 is 2.11 bits per heavy atom. The van der Waals surface area contributed by atoms with Crippen LogP contribution in [-0.4, -0.2) is 51.9 Å². The van der Waals surface area contributed by atoms with Crippen LogP contribution < -0.4 is 5.32 Å². The van der Waals surface area contributed by atoms with Crippen molar-refractivity contribution in [2.75, 3.05) is 26.2 Å². The standard InChI is InChI=1S/C19H28ClN5O2/c1-14-18(15(2)27-23-14)3-4-19(26)21-11-16-5-7-24(8-6-16)9-10-25-13-17(20)12-22-25/h12-13,16H,3-11H2,1-2H3,(H,21,26). The van der Waals surface area contributed by atoms with Crippen molar-refractivity contribution in [2.45, 2.75) is 46.1 Å². The number of carbonyl (C=O) groups is 1. The molecule has 1 saturated heterocycles. The average molecular weight is 394 g/mol. The lowest BCUT2D eigenvalue weighted by atomic mass is 9.96. The molecular formula is C19H28ClN5O2. The molecule has 2 aromatic rings. The van der Waals surface area contributed by atoms with Gasteiger partial charge in [0, 0.05) is 31.3 Å². The molecule has 2 aromatic heterocycles. The lowest BCUT2D eigenvalue weighted by molar-refractivity contribution is -0.121. The number of aromatic nitrogens is 3. The third kappa shape index (κ3) is 5.81. The first-order valence-corrected chi connectivity index (χ1v) is 9.98. The fourth-order valence-electron chi connectivity index (χ4n) is 3.56. The SMILES string of the molecule is Cc1noc(C)c1CCC(=O)NCC1CCN(CCn2cc(Cl)cn2)CC1. The lowest BCUT2D eigenvalue weighted by Crippen LogP contribution is -2.39. The molecule has 0 aromatic carbocycles. The number of hydrogen-bond acceptors (Lipinski definition) is 5. The van der Waals surface area contributed by atoms with E-state index < -0.39 is 0 Å². The van der Waals surface area contributed by atoms with Crippen LogP contribution in [0.5, 0.6) is 0 Å². The second-order valence-electron chi connectivity index (χ2n) is 7.31. The van der Waals surface area contributed by atoms with E-state index in [1.807, 2.05) is 24.7 Å². The fourth-order valence-corrected chi connectivity index (χ4v) is 3.72.